The first kappa shape index (κ1) is 27.5. The summed E-state index contributed by atoms with van der Waals surface area (Å²) in [7, 11) is 0. The third kappa shape index (κ3) is 4.84. The summed E-state index contributed by atoms with van der Waals surface area (Å²) in [6, 6.07) is 16.5. The maximum Gasteiger partial charge on any atom is 0.324 e. The maximum absolute atomic E-state index is 13.7. The van der Waals surface area contributed by atoms with E-state index in [-0.39, 0.29) is 30.2 Å². The number of carbonyl (C=O) groups excluding carboxylic acids is 2. The third-order valence-electron chi connectivity index (χ3n) is 7.03. The van der Waals surface area contributed by atoms with Crippen LogP contribution in [0.25, 0.3) is 11.1 Å². The van der Waals surface area contributed by atoms with Gasteiger partial charge in [-0.1, -0.05) is 48.5 Å². The molecule has 0 unspecified atom stereocenters. The molecular formula is C32H40N2O4. The summed E-state index contributed by atoms with van der Waals surface area (Å²) < 4.78 is 11.1. The van der Waals surface area contributed by atoms with Crippen LogP contribution in [0.15, 0.2) is 72.3 Å². The Hall–Kier alpha value is -3.54. The first-order chi connectivity index (χ1) is 17.9. The molecule has 0 fully saturated rings. The van der Waals surface area contributed by atoms with E-state index in [1.807, 2.05) is 36.7 Å². The van der Waals surface area contributed by atoms with Crippen LogP contribution in [-0.4, -0.2) is 46.0 Å². The van der Waals surface area contributed by atoms with Crippen molar-refractivity contribution in [2.75, 3.05) is 13.2 Å². The highest BCUT2D eigenvalue weighted by atomic mass is 16.6. The third-order valence-corrected chi connectivity index (χ3v) is 7.03. The SMILES string of the molecule is CCOC(=O)C(C(=O)OCC)C(=C1N(C(C)(C)C)C=CN1C(C)(C)C)C1c2ccccc2-c2ccccc21. The highest BCUT2D eigenvalue weighted by Gasteiger charge is 2.48. The van der Waals surface area contributed by atoms with E-state index in [0.29, 0.717) is 5.57 Å². The zero-order valence-electron chi connectivity index (χ0n) is 23.9. The molecule has 2 aliphatic rings. The molecule has 1 aliphatic heterocycles. The van der Waals surface area contributed by atoms with E-state index >= 15 is 0 Å². The second-order valence-electron chi connectivity index (χ2n) is 11.7. The van der Waals surface area contributed by atoms with Crippen molar-refractivity contribution in [1.29, 1.82) is 0 Å². The fourth-order valence-electron chi connectivity index (χ4n) is 5.47. The van der Waals surface area contributed by atoms with Crippen molar-refractivity contribution in [1.82, 2.24) is 9.80 Å². The van der Waals surface area contributed by atoms with E-state index in [4.69, 9.17) is 9.47 Å². The highest BCUT2D eigenvalue weighted by Crippen LogP contribution is 2.52. The Kier molecular flexibility index (Phi) is 7.46. The van der Waals surface area contributed by atoms with Crippen LogP contribution in [-0.2, 0) is 19.1 Å². The lowest BCUT2D eigenvalue weighted by Crippen LogP contribution is -2.46. The van der Waals surface area contributed by atoms with Crippen molar-refractivity contribution in [3.05, 3.63) is 83.5 Å². The normalized spacial score (nSPS) is 15.1. The molecule has 0 amide bonds. The Morgan fingerprint density at radius 2 is 1.13 bits per heavy atom. The van der Waals surface area contributed by atoms with Gasteiger partial charge in [0.25, 0.3) is 0 Å². The summed E-state index contributed by atoms with van der Waals surface area (Å²) >= 11 is 0. The Labute approximate surface area is 226 Å². The number of nitrogens with zero attached hydrogens (tertiary/aromatic N) is 2. The number of fused-ring (bicyclic) bond motifs is 3. The van der Waals surface area contributed by atoms with Gasteiger partial charge in [-0.15, -0.1) is 0 Å². The number of hydrogen-bond donors (Lipinski definition) is 0. The minimum atomic E-state index is -1.23. The Morgan fingerprint density at radius 1 is 0.737 bits per heavy atom. The lowest BCUT2D eigenvalue weighted by atomic mass is 9.80. The second kappa shape index (κ2) is 10.3. The summed E-state index contributed by atoms with van der Waals surface area (Å²) in [5.41, 5.74) is 4.34. The molecule has 6 nitrogen and oxygen atoms in total. The number of hydrogen-bond acceptors (Lipinski definition) is 6. The summed E-state index contributed by atoms with van der Waals surface area (Å²) in [6.45, 7) is 16.6. The molecule has 0 aromatic heterocycles. The molecule has 0 spiro atoms. The molecule has 0 N–H and O–H groups in total. The van der Waals surface area contributed by atoms with Crippen molar-refractivity contribution in [3.8, 4) is 11.1 Å². The fourth-order valence-corrected chi connectivity index (χ4v) is 5.47. The van der Waals surface area contributed by atoms with Crippen molar-refractivity contribution in [2.45, 2.75) is 72.4 Å². The van der Waals surface area contributed by atoms with Gasteiger partial charge in [-0.05, 0) is 77.6 Å². The van der Waals surface area contributed by atoms with Gasteiger partial charge in [-0.25, -0.2) is 0 Å². The van der Waals surface area contributed by atoms with Crippen LogP contribution in [0, 0.1) is 5.92 Å². The van der Waals surface area contributed by atoms with Gasteiger partial charge in [-0.2, -0.15) is 0 Å². The zero-order chi connectivity index (χ0) is 27.8. The van der Waals surface area contributed by atoms with E-state index in [2.05, 4.69) is 75.6 Å². The van der Waals surface area contributed by atoms with E-state index in [1.54, 1.807) is 13.8 Å². The highest BCUT2D eigenvalue weighted by molar-refractivity contribution is 5.99. The molecule has 202 valence electrons. The maximum atomic E-state index is 13.7. The van der Waals surface area contributed by atoms with Crippen LogP contribution in [0.5, 0.6) is 0 Å². The zero-order valence-corrected chi connectivity index (χ0v) is 23.9. The van der Waals surface area contributed by atoms with Crippen LogP contribution in [0.3, 0.4) is 0 Å². The first-order valence-corrected chi connectivity index (χ1v) is 13.4. The Balaban J connectivity index is 2.14. The van der Waals surface area contributed by atoms with Gasteiger partial charge in [0, 0.05) is 35.0 Å². The van der Waals surface area contributed by atoms with Crippen LogP contribution < -0.4 is 0 Å². The molecule has 0 atom stereocenters. The summed E-state index contributed by atoms with van der Waals surface area (Å²) in [4.78, 5) is 31.8. The smallest absolute Gasteiger partial charge is 0.324 e. The number of carbonyl (C=O) groups is 2. The molecular weight excluding hydrogens is 476 g/mol. The number of ether oxygens (including phenoxy) is 2. The summed E-state index contributed by atoms with van der Waals surface area (Å²) in [5.74, 6) is -1.95. The molecule has 2 aromatic carbocycles. The lowest BCUT2D eigenvalue weighted by molar-refractivity contribution is -0.159. The Bertz CT molecular complexity index is 1190. The van der Waals surface area contributed by atoms with Crippen molar-refractivity contribution in [2.24, 2.45) is 5.92 Å². The van der Waals surface area contributed by atoms with Gasteiger partial charge < -0.3 is 19.3 Å². The topological polar surface area (TPSA) is 59.1 Å². The van der Waals surface area contributed by atoms with E-state index in [1.165, 1.54) is 0 Å². The second-order valence-corrected chi connectivity index (χ2v) is 11.7. The van der Waals surface area contributed by atoms with Gasteiger partial charge >= 0.3 is 11.9 Å². The predicted molar refractivity (Wildman–Crippen MR) is 150 cm³/mol. The lowest BCUT2D eigenvalue weighted by Gasteiger charge is -2.43. The van der Waals surface area contributed by atoms with E-state index in [9.17, 15) is 9.59 Å². The van der Waals surface area contributed by atoms with Gasteiger partial charge in [0.1, 0.15) is 5.82 Å². The van der Waals surface area contributed by atoms with Gasteiger partial charge in [-0.3, -0.25) is 9.59 Å². The van der Waals surface area contributed by atoms with E-state index in [0.717, 1.165) is 28.1 Å². The van der Waals surface area contributed by atoms with Crippen LogP contribution in [0.2, 0.25) is 0 Å². The molecule has 6 heteroatoms. The van der Waals surface area contributed by atoms with Crippen molar-refractivity contribution < 1.29 is 19.1 Å². The summed E-state index contributed by atoms with van der Waals surface area (Å²) in [6.07, 6.45) is 4.08. The standard InChI is InChI=1S/C32H40N2O4/c1-9-37-29(35)27(30(36)38-10-2)26(28-33(31(3,4)5)19-20-34(28)32(6,7)8)25-23-17-13-11-15-21(23)22-16-12-14-18-24(22)25/h11-20,25,27H,9-10H2,1-8H3. The molecule has 0 saturated heterocycles. The van der Waals surface area contributed by atoms with Crippen molar-refractivity contribution >= 4 is 11.9 Å². The van der Waals surface area contributed by atoms with Crippen LogP contribution in [0.4, 0.5) is 0 Å². The number of benzene rings is 2. The molecule has 38 heavy (non-hydrogen) atoms. The molecule has 1 aliphatic carbocycles. The largest absolute Gasteiger partial charge is 0.465 e. The molecule has 4 rings (SSSR count). The van der Waals surface area contributed by atoms with Crippen molar-refractivity contribution in [3.63, 3.8) is 0 Å². The Morgan fingerprint density at radius 3 is 1.50 bits per heavy atom. The summed E-state index contributed by atoms with van der Waals surface area (Å²) in [5, 5.41) is 0. The van der Waals surface area contributed by atoms with Gasteiger partial charge in [0.15, 0.2) is 5.92 Å². The molecule has 1 heterocycles. The predicted octanol–water partition coefficient (Wildman–Crippen LogP) is 6.44. The number of rotatable bonds is 6. The fraction of sp³-hybridized carbons (Fsp3) is 0.438. The molecule has 0 saturated carbocycles. The average Bonchev–Trinajstić information content (AvgIpc) is 3.43. The van der Waals surface area contributed by atoms with Gasteiger partial charge in [0.05, 0.1) is 13.2 Å². The monoisotopic (exact) mass is 516 g/mol. The van der Waals surface area contributed by atoms with Crippen LogP contribution in [0.1, 0.15) is 72.4 Å². The molecule has 2 aromatic rings. The first-order valence-electron chi connectivity index (χ1n) is 13.4. The quantitative estimate of drug-likeness (QED) is 0.325. The molecule has 0 radical (unpaired) electrons. The minimum absolute atomic E-state index is 0.166. The number of esters is 2. The molecule has 0 bridgehead atoms. The van der Waals surface area contributed by atoms with Gasteiger partial charge in [0.2, 0.25) is 0 Å². The average molecular weight is 517 g/mol. The van der Waals surface area contributed by atoms with E-state index < -0.39 is 17.9 Å². The van der Waals surface area contributed by atoms with Crippen LogP contribution >= 0.6 is 0 Å². The minimum Gasteiger partial charge on any atom is -0.465 e.